The highest BCUT2D eigenvalue weighted by atomic mass is 16.6. The van der Waals surface area contributed by atoms with Gasteiger partial charge in [-0.2, -0.15) is 0 Å². The van der Waals surface area contributed by atoms with E-state index in [1.165, 1.54) is 4.90 Å². The number of rotatable bonds is 2. The van der Waals surface area contributed by atoms with Crippen LogP contribution < -0.4 is 0 Å². The van der Waals surface area contributed by atoms with Gasteiger partial charge in [-0.3, -0.25) is 9.69 Å². The van der Waals surface area contributed by atoms with Gasteiger partial charge in [0.2, 0.25) is 6.41 Å². The minimum absolute atomic E-state index is 0.177. The maximum absolute atomic E-state index is 11.9. The van der Waals surface area contributed by atoms with E-state index >= 15 is 0 Å². The van der Waals surface area contributed by atoms with Crippen molar-refractivity contribution in [1.29, 1.82) is 0 Å². The quantitative estimate of drug-likeness (QED) is 0.697. The summed E-state index contributed by atoms with van der Waals surface area (Å²) < 4.78 is 5.25. The molecule has 0 aromatic rings. The molecule has 0 spiro atoms. The highest BCUT2D eigenvalue weighted by molar-refractivity contribution is 5.69. The summed E-state index contributed by atoms with van der Waals surface area (Å²) in [6.45, 7) is 6.41. The van der Waals surface area contributed by atoms with Crippen molar-refractivity contribution in [2.24, 2.45) is 0 Å². The smallest absolute Gasteiger partial charge is 0.410 e. The van der Waals surface area contributed by atoms with Crippen molar-refractivity contribution in [3.05, 3.63) is 0 Å². The van der Waals surface area contributed by atoms with E-state index in [2.05, 4.69) is 0 Å². The first-order chi connectivity index (χ1) is 7.87. The average molecular weight is 244 g/mol. The van der Waals surface area contributed by atoms with Gasteiger partial charge in [-0.15, -0.1) is 0 Å². The topological polar surface area (TPSA) is 70.1 Å². The molecule has 1 atom stereocenters. The fraction of sp³-hybridized carbons (Fsp3) is 0.818. The summed E-state index contributed by atoms with van der Waals surface area (Å²) in [4.78, 5) is 25.5. The van der Waals surface area contributed by atoms with Crippen molar-refractivity contribution >= 4 is 12.5 Å². The second kappa shape index (κ2) is 5.35. The zero-order valence-corrected chi connectivity index (χ0v) is 10.5. The molecule has 2 amide bonds. The SMILES string of the molecule is CC(C)(C)OC(=O)N1CCN(C=O)C[C@@H]1CO. The molecule has 98 valence electrons. The largest absolute Gasteiger partial charge is 0.444 e. The molecule has 6 nitrogen and oxygen atoms in total. The number of amides is 2. The fourth-order valence-corrected chi connectivity index (χ4v) is 1.69. The van der Waals surface area contributed by atoms with Gasteiger partial charge in [0.05, 0.1) is 12.6 Å². The molecule has 1 aliphatic heterocycles. The van der Waals surface area contributed by atoms with Gasteiger partial charge in [-0.25, -0.2) is 4.79 Å². The van der Waals surface area contributed by atoms with Crippen LogP contribution in [0.25, 0.3) is 0 Å². The molecule has 0 radical (unpaired) electrons. The second-order valence-corrected chi connectivity index (χ2v) is 5.11. The highest BCUT2D eigenvalue weighted by Gasteiger charge is 2.32. The molecule has 0 aromatic carbocycles. The Bertz CT molecular complexity index is 288. The lowest BCUT2D eigenvalue weighted by Crippen LogP contribution is -2.57. The number of carbonyl (C=O) groups excluding carboxylic acids is 2. The molecule has 6 heteroatoms. The van der Waals surface area contributed by atoms with Gasteiger partial charge in [0, 0.05) is 19.6 Å². The van der Waals surface area contributed by atoms with Crippen LogP contribution in [0, 0.1) is 0 Å². The van der Waals surface area contributed by atoms with Crippen molar-refractivity contribution in [3.63, 3.8) is 0 Å². The predicted octanol–water partition coefficient (Wildman–Crippen LogP) is 0.0564. The third-order valence-corrected chi connectivity index (χ3v) is 2.50. The van der Waals surface area contributed by atoms with E-state index in [0.717, 1.165) is 6.41 Å². The number of aliphatic hydroxyl groups is 1. The van der Waals surface area contributed by atoms with E-state index in [1.807, 2.05) is 0 Å². The molecule has 0 aromatic heterocycles. The van der Waals surface area contributed by atoms with Gasteiger partial charge < -0.3 is 14.7 Å². The molecular formula is C11H20N2O4. The first-order valence-electron chi connectivity index (χ1n) is 5.67. The lowest BCUT2D eigenvalue weighted by atomic mass is 10.2. The summed E-state index contributed by atoms with van der Waals surface area (Å²) in [7, 11) is 0. The zero-order valence-electron chi connectivity index (χ0n) is 10.5. The highest BCUT2D eigenvalue weighted by Crippen LogP contribution is 2.14. The Morgan fingerprint density at radius 3 is 2.59 bits per heavy atom. The number of piperazine rings is 1. The van der Waals surface area contributed by atoms with Crippen LogP contribution >= 0.6 is 0 Å². The molecule has 0 unspecified atom stereocenters. The van der Waals surface area contributed by atoms with E-state index in [9.17, 15) is 14.7 Å². The van der Waals surface area contributed by atoms with Crippen molar-refractivity contribution in [3.8, 4) is 0 Å². The van der Waals surface area contributed by atoms with Crippen molar-refractivity contribution in [1.82, 2.24) is 9.80 Å². The van der Waals surface area contributed by atoms with Crippen LogP contribution in [0.5, 0.6) is 0 Å². The lowest BCUT2D eigenvalue weighted by molar-refractivity contribution is -0.121. The Hall–Kier alpha value is -1.30. The lowest BCUT2D eigenvalue weighted by Gasteiger charge is -2.39. The number of nitrogens with zero attached hydrogens (tertiary/aromatic N) is 2. The number of aliphatic hydroxyl groups excluding tert-OH is 1. The van der Waals surface area contributed by atoms with E-state index < -0.39 is 11.7 Å². The van der Waals surface area contributed by atoms with Gasteiger partial charge in [-0.05, 0) is 20.8 Å². The monoisotopic (exact) mass is 244 g/mol. The van der Waals surface area contributed by atoms with Gasteiger partial charge in [0.25, 0.3) is 0 Å². The van der Waals surface area contributed by atoms with Crippen molar-refractivity contribution < 1.29 is 19.4 Å². The Labute approximate surface area is 101 Å². The maximum Gasteiger partial charge on any atom is 0.410 e. The van der Waals surface area contributed by atoms with Crippen LogP contribution in [0.15, 0.2) is 0 Å². The molecule has 1 heterocycles. The third kappa shape index (κ3) is 3.89. The van der Waals surface area contributed by atoms with Crippen LogP contribution in [0.2, 0.25) is 0 Å². The summed E-state index contributed by atoms with van der Waals surface area (Å²) in [5, 5.41) is 9.23. The minimum Gasteiger partial charge on any atom is -0.444 e. The first kappa shape index (κ1) is 13.8. The Morgan fingerprint density at radius 1 is 1.47 bits per heavy atom. The normalized spacial score (nSPS) is 21.3. The maximum atomic E-state index is 11.9. The molecule has 0 bridgehead atoms. The molecule has 17 heavy (non-hydrogen) atoms. The summed E-state index contributed by atoms with van der Waals surface area (Å²) in [5.74, 6) is 0. The van der Waals surface area contributed by atoms with Crippen LogP contribution in [-0.4, -0.2) is 65.3 Å². The first-order valence-corrected chi connectivity index (χ1v) is 5.67. The summed E-state index contributed by atoms with van der Waals surface area (Å²) in [6.07, 6.45) is 0.289. The number of ether oxygens (including phenoxy) is 1. The average Bonchev–Trinajstić information content (AvgIpc) is 2.25. The molecule has 1 saturated heterocycles. The van der Waals surface area contributed by atoms with Crippen molar-refractivity contribution in [2.75, 3.05) is 26.2 Å². The van der Waals surface area contributed by atoms with Gasteiger partial charge in [0.15, 0.2) is 0 Å². The van der Waals surface area contributed by atoms with Gasteiger partial charge in [0.1, 0.15) is 5.60 Å². The minimum atomic E-state index is -0.557. The summed E-state index contributed by atoms with van der Waals surface area (Å²) in [5.41, 5.74) is -0.557. The van der Waals surface area contributed by atoms with Crippen LogP contribution in [0.1, 0.15) is 20.8 Å². The Morgan fingerprint density at radius 2 is 2.12 bits per heavy atom. The molecular weight excluding hydrogens is 224 g/mol. The Kier molecular flexibility index (Phi) is 4.34. The number of carbonyl (C=O) groups is 2. The van der Waals surface area contributed by atoms with E-state index in [-0.39, 0.29) is 12.6 Å². The fourth-order valence-electron chi connectivity index (χ4n) is 1.69. The predicted molar refractivity (Wildman–Crippen MR) is 61.5 cm³/mol. The van der Waals surface area contributed by atoms with E-state index in [1.54, 1.807) is 25.7 Å². The van der Waals surface area contributed by atoms with Crippen LogP contribution in [-0.2, 0) is 9.53 Å². The van der Waals surface area contributed by atoms with Crippen LogP contribution in [0.4, 0.5) is 4.79 Å². The number of hydrogen-bond acceptors (Lipinski definition) is 4. The molecule has 0 saturated carbocycles. The summed E-state index contributed by atoms with van der Waals surface area (Å²) in [6, 6.07) is -0.385. The molecule has 1 N–H and O–H groups in total. The number of hydrogen-bond donors (Lipinski definition) is 1. The van der Waals surface area contributed by atoms with Gasteiger partial charge in [-0.1, -0.05) is 0 Å². The molecule has 1 aliphatic rings. The Balaban J connectivity index is 2.63. The molecule has 0 aliphatic carbocycles. The summed E-state index contributed by atoms with van der Waals surface area (Å²) >= 11 is 0. The van der Waals surface area contributed by atoms with Crippen molar-refractivity contribution in [2.45, 2.75) is 32.4 Å². The standard InChI is InChI=1S/C11H20N2O4/c1-11(2,3)17-10(16)13-5-4-12(8-15)6-9(13)7-14/h8-9,14H,4-7H2,1-3H3/t9-/m1/s1. The van der Waals surface area contributed by atoms with Gasteiger partial charge >= 0.3 is 6.09 Å². The second-order valence-electron chi connectivity index (χ2n) is 5.11. The zero-order chi connectivity index (χ0) is 13.1. The van der Waals surface area contributed by atoms with E-state index in [0.29, 0.717) is 19.6 Å². The molecule has 1 fully saturated rings. The van der Waals surface area contributed by atoms with E-state index in [4.69, 9.17) is 4.74 Å². The van der Waals surface area contributed by atoms with Crippen LogP contribution in [0.3, 0.4) is 0 Å². The third-order valence-electron chi connectivity index (χ3n) is 2.50. The molecule has 1 rings (SSSR count).